The Labute approximate surface area is 104 Å². The number of hydrogen-bond donors (Lipinski definition) is 2. The molecule has 0 bridgehead atoms. The molecular formula is C14H13N3O. The number of ether oxygens (including phenoxy) is 1. The number of hydrogen-bond acceptors (Lipinski definition) is 3. The maximum Gasteiger partial charge on any atom is 0.141 e. The lowest BCUT2D eigenvalue weighted by Crippen LogP contribution is -1.92. The lowest BCUT2D eigenvalue weighted by Gasteiger charge is -2.06. The zero-order valence-electron chi connectivity index (χ0n) is 9.97. The number of aromatic amines is 1. The first-order chi connectivity index (χ1) is 8.79. The molecule has 0 saturated heterocycles. The lowest BCUT2D eigenvalue weighted by molar-refractivity contribution is 0.417. The van der Waals surface area contributed by atoms with E-state index in [2.05, 4.69) is 9.97 Å². The maximum absolute atomic E-state index is 5.93. The van der Waals surface area contributed by atoms with Gasteiger partial charge in [-0.2, -0.15) is 0 Å². The van der Waals surface area contributed by atoms with Crippen LogP contribution in [0.1, 0.15) is 0 Å². The van der Waals surface area contributed by atoms with Crippen molar-refractivity contribution in [2.45, 2.75) is 0 Å². The first-order valence-corrected chi connectivity index (χ1v) is 5.65. The Bertz CT molecular complexity index is 703. The number of rotatable bonds is 2. The zero-order chi connectivity index (χ0) is 12.5. The van der Waals surface area contributed by atoms with Gasteiger partial charge in [-0.25, -0.2) is 4.98 Å². The molecule has 0 aliphatic heterocycles. The van der Waals surface area contributed by atoms with Gasteiger partial charge in [0.05, 0.1) is 12.8 Å². The van der Waals surface area contributed by atoms with Crippen LogP contribution in [0.15, 0.2) is 42.7 Å². The number of nitrogens with two attached hydrogens (primary N) is 1. The summed E-state index contributed by atoms with van der Waals surface area (Å²) in [5.74, 6) is 0.691. The second kappa shape index (κ2) is 4.07. The third-order valence-corrected chi connectivity index (χ3v) is 2.99. The molecule has 90 valence electrons. The zero-order valence-corrected chi connectivity index (χ0v) is 9.97. The van der Waals surface area contributed by atoms with Crippen molar-refractivity contribution in [2.24, 2.45) is 0 Å². The Morgan fingerprint density at radius 1 is 1.28 bits per heavy atom. The number of pyridine rings is 1. The third-order valence-electron chi connectivity index (χ3n) is 2.99. The first-order valence-electron chi connectivity index (χ1n) is 5.65. The summed E-state index contributed by atoms with van der Waals surface area (Å²) in [5, 5.41) is 1.09. The molecule has 4 nitrogen and oxygen atoms in total. The van der Waals surface area contributed by atoms with Gasteiger partial charge in [0.15, 0.2) is 0 Å². The molecule has 0 aliphatic rings. The van der Waals surface area contributed by atoms with Crippen LogP contribution in [-0.4, -0.2) is 17.1 Å². The number of fused-ring (bicyclic) bond motifs is 1. The van der Waals surface area contributed by atoms with E-state index in [1.54, 1.807) is 13.3 Å². The number of nitrogen functional groups attached to an aromatic ring is 1. The van der Waals surface area contributed by atoms with E-state index in [0.29, 0.717) is 11.4 Å². The number of methoxy groups -OCH3 is 1. The molecule has 4 heteroatoms. The van der Waals surface area contributed by atoms with Gasteiger partial charge >= 0.3 is 0 Å². The van der Waals surface area contributed by atoms with Crippen molar-refractivity contribution in [1.29, 1.82) is 0 Å². The summed E-state index contributed by atoms with van der Waals surface area (Å²) in [6, 6.07) is 9.74. The van der Waals surface area contributed by atoms with Gasteiger partial charge in [-0.05, 0) is 29.8 Å². The predicted octanol–water partition coefficient (Wildman–Crippen LogP) is 2.82. The molecule has 0 fully saturated rings. The van der Waals surface area contributed by atoms with Crippen LogP contribution in [0.2, 0.25) is 0 Å². The van der Waals surface area contributed by atoms with E-state index in [4.69, 9.17) is 10.5 Å². The minimum atomic E-state index is 0.633. The number of anilines is 1. The van der Waals surface area contributed by atoms with Crippen molar-refractivity contribution in [1.82, 2.24) is 9.97 Å². The summed E-state index contributed by atoms with van der Waals surface area (Å²) < 4.78 is 5.16. The predicted molar refractivity (Wildman–Crippen MR) is 72.5 cm³/mol. The van der Waals surface area contributed by atoms with E-state index >= 15 is 0 Å². The highest BCUT2D eigenvalue weighted by molar-refractivity contribution is 5.94. The van der Waals surface area contributed by atoms with E-state index in [1.807, 2.05) is 36.5 Å². The number of nitrogens with zero attached hydrogens (tertiary/aromatic N) is 1. The molecule has 0 saturated carbocycles. The third kappa shape index (κ3) is 1.59. The second-order valence-corrected chi connectivity index (χ2v) is 4.06. The number of benzene rings is 1. The smallest absolute Gasteiger partial charge is 0.141 e. The van der Waals surface area contributed by atoms with E-state index in [-0.39, 0.29) is 0 Å². The molecule has 3 N–H and O–H groups in total. The van der Waals surface area contributed by atoms with Crippen molar-refractivity contribution in [3.63, 3.8) is 0 Å². The molecule has 0 unspecified atom stereocenters. The van der Waals surface area contributed by atoms with Crippen LogP contribution in [0.3, 0.4) is 0 Å². The van der Waals surface area contributed by atoms with Gasteiger partial charge in [0.2, 0.25) is 0 Å². The fourth-order valence-electron chi connectivity index (χ4n) is 2.10. The van der Waals surface area contributed by atoms with Crippen LogP contribution in [0.25, 0.3) is 22.2 Å². The summed E-state index contributed by atoms with van der Waals surface area (Å²) in [4.78, 5) is 7.42. The Kier molecular flexibility index (Phi) is 2.41. The summed E-state index contributed by atoms with van der Waals surface area (Å²) >= 11 is 0. The van der Waals surface area contributed by atoms with E-state index in [9.17, 15) is 0 Å². The molecule has 2 aromatic heterocycles. The van der Waals surface area contributed by atoms with Gasteiger partial charge < -0.3 is 15.5 Å². The monoisotopic (exact) mass is 239 g/mol. The summed E-state index contributed by atoms with van der Waals surface area (Å²) in [6.45, 7) is 0. The first kappa shape index (κ1) is 10.7. The van der Waals surface area contributed by atoms with E-state index < -0.39 is 0 Å². The topological polar surface area (TPSA) is 63.9 Å². The number of nitrogens with one attached hydrogen (secondary N) is 1. The quantitative estimate of drug-likeness (QED) is 0.676. The normalized spacial score (nSPS) is 10.7. The summed E-state index contributed by atoms with van der Waals surface area (Å²) in [6.07, 6.45) is 3.71. The molecule has 0 aliphatic carbocycles. The van der Waals surface area contributed by atoms with Gasteiger partial charge in [-0.1, -0.05) is 6.07 Å². The van der Waals surface area contributed by atoms with Crippen molar-refractivity contribution in [2.75, 3.05) is 12.8 Å². The van der Waals surface area contributed by atoms with Crippen molar-refractivity contribution in [3.8, 4) is 16.9 Å². The highest BCUT2D eigenvalue weighted by atomic mass is 16.5. The SMILES string of the molecule is COc1ccc(-c2c[nH]c3ncccc23)cc1N. The summed E-state index contributed by atoms with van der Waals surface area (Å²) in [5.41, 5.74) is 9.58. The fourth-order valence-corrected chi connectivity index (χ4v) is 2.10. The van der Waals surface area contributed by atoms with Crippen LogP contribution >= 0.6 is 0 Å². The Hall–Kier alpha value is -2.49. The Morgan fingerprint density at radius 3 is 2.94 bits per heavy atom. The Morgan fingerprint density at radius 2 is 2.17 bits per heavy atom. The molecule has 0 atom stereocenters. The maximum atomic E-state index is 5.93. The molecule has 0 amide bonds. The highest BCUT2D eigenvalue weighted by Crippen LogP contribution is 2.32. The van der Waals surface area contributed by atoms with Crippen LogP contribution in [0.5, 0.6) is 5.75 Å². The minimum Gasteiger partial charge on any atom is -0.495 e. The van der Waals surface area contributed by atoms with Gasteiger partial charge in [0, 0.05) is 23.3 Å². The number of aromatic nitrogens is 2. The molecule has 2 heterocycles. The van der Waals surface area contributed by atoms with Crippen LogP contribution in [0, 0.1) is 0 Å². The molecule has 3 aromatic rings. The molecule has 3 rings (SSSR count). The highest BCUT2D eigenvalue weighted by Gasteiger charge is 2.08. The molecule has 0 spiro atoms. The molecular weight excluding hydrogens is 226 g/mol. The largest absolute Gasteiger partial charge is 0.495 e. The average Bonchev–Trinajstić information content (AvgIpc) is 2.82. The van der Waals surface area contributed by atoms with Crippen molar-refractivity contribution < 1.29 is 4.74 Å². The van der Waals surface area contributed by atoms with Gasteiger partial charge in [-0.3, -0.25) is 0 Å². The number of H-pyrrole nitrogens is 1. The van der Waals surface area contributed by atoms with Crippen LogP contribution in [0.4, 0.5) is 5.69 Å². The van der Waals surface area contributed by atoms with Crippen LogP contribution < -0.4 is 10.5 Å². The molecule has 1 aromatic carbocycles. The van der Waals surface area contributed by atoms with Crippen molar-refractivity contribution >= 4 is 16.7 Å². The van der Waals surface area contributed by atoms with Gasteiger partial charge in [-0.15, -0.1) is 0 Å². The van der Waals surface area contributed by atoms with Gasteiger partial charge in [0.25, 0.3) is 0 Å². The lowest BCUT2D eigenvalue weighted by atomic mass is 10.1. The summed E-state index contributed by atoms with van der Waals surface area (Å²) in [7, 11) is 1.61. The average molecular weight is 239 g/mol. The van der Waals surface area contributed by atoms with E-state index in [1.165, 1.54) is 0 Å². The van der Waals surface area contributed by atoms with Crippen LogP contribution in [-0.2, 0) is 0 Å². The minimum absolute atomic E-state index is 0.633. The van der Waals surface area contributed by atoms with Gasteiger partial charge in [0.1, 0.15) is 11.4 Å². The van der Waals surface area contributed by atoms with Crippen molar-refractivity contribution in [3.05, 3.63) is 42.7 Å². The molecule has 0 radical (unpaired) electrons. The second-order valence-electron chi connectivity index (χ2n) is 4.06. The van der Waals surface area contributed by atoms with E-state index in [0.717, 1.165) is 22.2 Å². The molecule has 18 heavy (non-hydrogen) atoms. The standard InChI is InChI=1S/C14H13N3O/c1-18-13-5-4-9(7-12(13)15)11-8-17-14-10(11)3-2-6-16-14/h2-8H,15H2,1H3,(H,16,17). The fraction of sp³-hybridized carbons (Fsp3) is 0.0714. The Balaban J connectivity index is 2.17.